The second-order valence-electron chi connectivity index (χ2n) is 6.10. The van der Waals surface area contributed by atoms with Crippen molar-refractivity contribution in [1.82, 2.24) is 0 Å². The van der Waals surface area contributed by atoms with Gasteiger partial charge in [0.25, 0.3) is 0 Å². The Labute approximate surface area is 145 Å². The van der Waals surface area contributed by atoms with Gasteiger partial charge in [-0.3, -0.25) is 0 Å². The molecule has 2 heterocycles. The Balaban J connectivity index is 2.25. The van der Waals surface area contributed by atoms with Gasteiger partial charge in [-0.15, -0.1) is 0 Å². The fourth-order valence-corrected chi connectivity index (χ4v) is 3.90. The monoisotopic (exact) mass is 334 g/mol. The summed E-state index contributed by atoms with van der Waals surface area (Å²) >= 11 is 1.83. The maximum absolute atomic E-state index is 6.07. The first kappa shape index (κ1) is 18.3. The van der Waals surface area contributed by atoms with Crippen molar-refractivity contribution in [3.63, 3.8) is 0 Å². The van der Waals surface area contributed by atoms with Crippen molar-refractivity contribution >= 4 is 11.8 Å². The van der Waals surface area contributed by atoms with Crippen LogP contribution in [0.4, 0.5) is 0 Å². The molecule has 0 amide bonds. The Morgan fingerprint density at radius 1 is 0.652 bits per heavy atom. The predicted octanol–water partition coefficient (Wildman–Crippen LogP) is 6.83. The SMILES string of the molecule is CCCc1cc(Sc2cc(CCC)oc2CCC)c(CCC)o1. The summed E-state index contributed by atoms with van der Waals surface area (Å²) in [5, 5.41) is 0. The minimum atomic E-state index is 1.01. The highest BCUT2D eigenvalue weighted by Gasteiger charge is 2.16. The van der Waals surface area contributed by atoms with E-state index in [1.165, 1.54) is 9.79 Å². The smallest absolute Gasteiger partial charge is 0.118 e. The van der Waals surface area contributed by atoms with Gasteiger partial charge in [-0.25, -0.2) is 0 Å². The molecule has 0 atom stereocenters. The fraction of sp³-hybridized carbons (Fsp3) is 0.600. The molecule has 0 saturated carbocycles. The van der Waals surface area contributed by atoms with Gasteiger partial charge < -0.3 is 8.83 Å². The van der Waals surface area contributed by atoms with Crippen molar-refractivity contribution in [2.45, 2.75) is 88.9 Å². The molecule has 0 N–H and O–H groups in total. The van der Waals surface area contributed by atoms with Crippen LogP contribution >= 0.6 is 11.8 Å². The van der Waals surface area contributed by atoms with E-state index in [9.17, 15) is 0 Å². The van der Waals surface area contributed by atoms with Gasteiger partial charge in [-0.05, 0) is 37.8 Å². The van der Waals surface area contributed by atoms with Crippen molar-refractivity contribution < 1.29 is 8.83 Å². The van der Waals surface area contributed by atoms with Crippen LogP contribution in [0.5, 0.6) is 0 Å². The van der Waals surface area contributed by atoms with Crippen LogP contribution in [0.25, 0.3) is 0 Å². The van der Waals surface area contributed by atoms with Crippen LogP contribution in [0.15, 0.2) is 30.8 Å². The fourth-order valence-electron chi connectivity index (χ4n) is 2.76. The zero-order valence-corrected chi connectivity index (χ0v) is 15.9. The van der Waals surface area contributed by atoms with Crippen molar-refractivity contribution in [2.24, 2.45) is 0 Å². The standard InChI is InChI=1S/C20H30O2S/c1-5-9-15-13-19(17(21-15)11-7-3)23-20-14-16(10-6-2)22-18(20)12-8-4/h13-14H,5-12H2,1-4H3. The molecule has 0 fully saturated rings. The second kappa shape index (κ2) is 9.27. The molecule has 0 spiro atoms. The largest absolute Gasteiger partial charge is 0.465 e. The van der Waals surface area contributed by atoms with E-state index in [4.69, 9.17) is 8.83 Å². The number of furan rings is 2. The molecule has 2 aromatic heterocycles. The third-order valence-electron chi connectivity index (χ3n) is 3.81. The molecule has 3 heteroatoms. The van der Waals surface area contributed by atoms with Crippen molar-refractivity contribution in [3.8, 4) is 0 Å². The Morgan fingerprint density at radius 2 is 1.04 bits per heavy atom. The maximum Gasteiger partial charge on any atom is 0.118 e. The van der Waals surface area contributed by atoms with Gasteiger partial charge in [0.15, 0.2) is 0 Å². The molecule has 0 aliphatic carbocycles. The normalized spacial score (nSPS) is 11.3. The first-order chi connectivity index (χ1) is 11.2. The zero-order chi connectivity index (χ0) is 16.7. The van der Waals surface area contributed by atoms with Crippen LogP contribution < -0.4 is 0 Å². The first-order valence-corrected chi connectivity index (χ1v) is 9.94. The lowest BCUT2D eigenvalue weighted by molar-refractivity contribution is 0.453. The average molecular weight is 335 g/mol. The molecule has 23 heavy (non-hydrogen) atoms. The Bertz CT molecular complexity index is 543. The maximum atomic E-state index is 6.07. The summed E-state index contributed by atoms with van der Waals surface area (Å²) < 4.78 is 12.1. The summed E-state index contributed by atoms with van der Waals surface area (Å²) in [6, 6.07) is 4.47. The quantitative estimate of drug-likeness (QED) is 0.476. The molecule has 0 saturated heterocycles. The average Bonchev–Trinajstić information content (AvgIpc) is 3.06. The van der Waals surface area contributed by atoms with Crippen molar-refractivity contribution in [1.29, 1.82) is 0 Å². The van der Waals surface area contributed by atoms with Gasteiger partial charge in [0.1, 0.15) is 23.0 Å². The zero-order valence-electron chi connectivity index (χ0n) is 15.0. The van der Waals surface area contributed by atoms with Gasteiger partial charge in [0.05, 0.1) is 9.79 Å². The summed E-state index contributed by atoms with van der Waals surface area (Å²) in [5.41, 5.74) is 0. The number of hydrogen-bond donors (Lipinski definition) is 0. The van der Waals surface area contributed by atoms with Crippen LogP contribution in [0.1, 0.15) is 76.4 Å². The van der Waals surface area contributed by atoms with E-state index in [1.807, 2.05) is 11.8 Å². The molecule has 2 aromatic rings. The van der Waals surface area contributed by atoms with Crippen LogP contribution in [-0.4, -0.2) is 0 Å². The highest BCUT2D eigenvalue weighted by Crippen LogP contribution is 2.38. The van der Waals surface area contributed by atoms with Crippen LogP contribution in [0.3, 0.4) is 0 Å². The van der Waals surface area contributed by atoms with E-state index in [1.54, 1.807) is 0 Å². The van der Waals surface area contributed by atoms with E-state index in [0.717, 1.165) is 74.4 Å². The van der Waals surface area contributed by atoms with Crippen LogP contribution in [-0.2, 0) is 25.7 Å². The van der Waals surface area contributed by atoms with E-state index in [2.05, 4.69) is 39.8 Å². The third-order valence-corrected chi connectivity index (χ3v) is 4.94. The highest BCUT2D eigenvalue weighted by atomic mass is 32.2. The minimum Gasteiger partial charge on any atom is -0.465 e. The van der Waals surface area contributed by atoms with Gasteiger partial charge >= 0.3 is 0 Å². The Hall–Kier alpha value is -1.09. The minimum absolute atomic E-state index is 1.01. The molecule has 2 rings (SSSR count). The molecule has 0 bridgehead atoms. The summed E-state index contributed by atoms with van der Waals surface area (Å²) in [6.07, 6.45) is 8.52. The van der Waals surface area contributed by atoms with E-state index in [-0.39, 0.29) is 0 Å². The Kier molecular flexibility index (Phi) is 7.35. The van der Waals surface area contributed by atoms with Crippen molar-refractivity contribution in [2.75, 3.05) is 0 Å². The van der Waals surface area contributed by atoms with Gasteiger partial charge in [-0.1, -0.05) is 39.5 Å². The molecule has 0 radical (unpaired) electrons. The topological polar surface area (TPSA) is 26.3 Å². The lowest BCUT2D eigenvalue weighted by Gasteiger charge is -2.01. The molecule has 0 aromatic carbocycles. The first-order valence-electron chi connectivity index (χ1n) is 9.12. The number of hydrogen-bond acceptors (Lipinski definition) is 3. The Morgan fingerprint density at radius 3 is 1.39 bits per heavy atom. The highest BCUT2D eigenvalue weighted by molar-refractivity contribution is 7.99. The van der Waals surface area contributed by atoms with Crippen molar-refractivity contribution in [3.05, 3.63) is 35.2 Å². The predicted molar refractivity (Wildman–Crippen MR) is 97.5 cm³/mol. The molecule has 0 unspecified atom stereocenters. The summed E-state index contributed by atoms with van der Waals surface area (Å²) in [5.74, 6) is 4.52. The molecular formula is C20H30O2S. The molecule has 0 aliphatic rings. The summed E-state index contributed by atoms with van der Waals surface area (Å²) in [4.78, 5) is 2.55. The van der Waals surface area contributed by atoms with Crippen LogP contribution in [0.2, 0.25) is 0 Å². The van der Waals surface area contributed by atoms with Gasteiger partial charge in [0.2, 0.25) is 0 Å². The lowest BCUT2D eigenvalue weighted by atomic mass is 10.2. The number of aryl methyl sites for hydroxylation is 4. The molecule has 128 valence electrons. The van der Waals surface area contributed by atoms with E-state index in [0.29, 0.717) is 0 Å². The molecule has 0 aliphatic heterocycles. The van der Waals surface area contributed by atoms with Gasteiger partial charge in [0, 0.05) is 25.7 Å². The molecular weight excluding hydrogens is 304 g/mol. The summed E-state index contributed by atoms with van der Waals surface area (Å²) in [7, 11) is 0. The van der Waals surface area contributed by atoms with Gasteiger partial charge in [-0.2, -0.15) is 0 Å². The van der Waals surface area contributed by atoms with E-state index >= 15 is 0 Å². The van der Waals surface area contributed by atoms with E-state index < -0.39 is 0 Å². The lowest BCUT2D eigenvalue weighted by Crippen LogP contribution is -1.84. The third kappa shape index (κ3) is 4.94. The number of rotatable bonds is 10. The second-order valence-corrected chi connectivity index (χ2v) is 7.19. The van der Waals surface area contributed by atoms with Crippen LogP contribution in [0, 0.1) is 0 Å². The molecule has 2 nitrogen and oxygen atoms in total. The summed E-state index contributed by atoms with van der Waals surface area (Å²) in [6.45, 7) is 8.80.